The van der Waals surface area contributed by atoms with E-state index in [1.54, 1.807) is 7.11 Å². The van der Waals surface area contributed by atoms with Crippen molar-refractivity contribution in [3.63, 3.8) is 0 Å². The Morgan fingerprint density at radius 2 is 1.92 bits per heavy atom. The van der Waals surface area contributed by atoms with Crippen LogP contribution in [0.4, 0.5) is 0 Å². The Morgan fingerprint density at radius 1 is 1.17 bits per heavy atom. The fourth-order valence-electron chi connectivity index (χ4n) is 0.797. The van der Waals surface area contributed by atoms with Crippen LogP contribution in [0.3, 0.4) is 0 Å². The number of hydrogen-bond donors (Lipinski definition) is 1. The van der Waals surface area contributed by atoms with Gasteiger partial charge in [-0.15, -0.1) is 0 Å². The average molecular weight is 176 g/mol. The Balaban J connectivity index is 2.97. The summed E-state index contributed by atoms with van der Waals surface area (Å²) < 4.78 is 10.1. The molecule has 0 aromatic rings. The van der Waals surface area contributed by atoms with Crippen molar-refractivity contribution < 1.29 is 9.47 Å². The summed E-state index contributed by atoms with van der Waals surface area (Å²) in [6, 6.07) is 0. The number of ether oxygens (including phenoxy) is 2. The van der Waals surface area contributed by atoms with Gasteiger partial charge in [0.15, 0.2) is 0 Å². The Hall–Kier alpha value is -0.160. The van der Waals surface area contributed by atoms with E-state index in [-0.39, 0.29) is 0 Å². The van der Waals surface area contributed by atoms with Crippen molar-refractivity contribution >= 4 is 0 Å². The van der Waals surface area contributed by atoms with Gasteiger partial charge in [0, 0.05) is 26.7 Å². The van der Waals surface area contributed by atoms with Gasteiger partial charge in [-0.3, -0.25) is 0 Å². The lowest BCUT2D eigenvalue weighted by Gasteiger charge is -2.14. The molecule has 0 saturated heterocycles. The molecule has 0 fully saturated rings. The highest BCUT2D eigenvalue weighted by Gasteiger charge is 1.95. The molecule has 0 aromatic carbocycles. The van der Waals surface area contributed by atoms with E-state index >= 15 is 0 Å². The molecule has 0 spiro atoms. The summed E-state index contributed by atoms with van der Waals surface area (Å²) in [5.41, 5.74) is 5.38. The van der Waals surface area contributed by atoms with E-state index in [4.69, 9.17) is 15.2 Å². The van der Waals surface area contributed by atoms with E-state index < -0.39 is 0 Å². The molecule has 0 bridgehead atoms. The minimum atomic E-state index is 0.667. The molecule has 0 radical (unpaired) electrons. The standard InChI is InChI=1S/C8H20N2O2/c1-10(4-3-9)5-6-12-8-7-11-2/h3-9H2,1-2H3. The first-order chi connectivity index (χ1) is 5.81. The lowest BCUT2D eigenvalue weighted by Crippen LogP contribution is -2.29. The smallest absolute Gasteiger partial charge is 0.0700 e. The summed E-state index contributed by atoms with van der Waals surface area (Å²) in [5, 5.41) is 0. The molecule has 0 heterocycles. The molecule has 12 heavy (non-hydrogen) atoms. The quantitative estimate of drug-likeness (QED) is 0.508. The normalized spacial score (nSPS) is 11.0. The van der Waals surface area contributed by atoms with Crippen LogP contribution in [0.2, 0.25) is 0 Å². The zero-order valence-electron chi connectivity index (χ0n) is 8.08. The third-order valence-corrected chi connectivity index (χ3v) is 1.56. The highest BCUT2D eigenvalue weighted by molar-refractivity contribution is 4.49. The van der Waals surface area contributed by atoms with Crippen molar-refractivity contribution in [1.82, 2.24) is 4.90 Å². The summed E-state index contributed by atoms with van der Waals surface area (Å²) >= 11 is 0. The molecule has 0 saturated carbocycles. The Morgan fingerprint density at radius 3 is 2.50 bits per heavy atom. The van der Waals surface area contributed by atoms with E-state index in [2.05, 4.69) is 4.90 Å². The van der Waals surface area contributed by atoms with Gasteiger partial charge in [0.25, 0.3) is 0 Å². The fourth-order valence-corrected chi connectivity index (χ4v) is 0.797. The van der Waals surface area contributed by atoms with E-state index in [0.717, 1.165) is 19.7 Å². The Kier molecular flexibility index (Phi) is 8.81. The van der Waals surface area contributed by atoms with Gasteiger partial charge in [0.05, 0.1) is 19.8 Å². The fraction of sp³-hybridized carbons (Fsp3) is 1.00. The zero-order chi connectivity index (χ0) is 9.23. The molecule has 0 aliphatic heterocycles. The van der Waals surface area contributed by atoms with Crippen molar-refractivity contribution in [2.24, 2.45) is 5.73 Å². The number of methoxy groups -OCH3 is 1. The second kappa shape index (κ2) is 8.93. The average Bonchev–Trinajstić information content (AvgIpc) is 2.05. The van der Waals surface area contributed by atoms with Crippen molar-refractivity contribution in [2.45, 2.75) is 0 Å². The maximum absolute atomic E-state index is 5.38. The molecule has 4 nitrogen and oxygen atoms in total. The maximum Gasteiger partial charge on any atom is 0.0700 e. The predicted octanol–water partition coefficient (Wildman–Crippen LogP) is -0.460. The molecular formula is C8H20N2O2. The maximum atomic E-state index is 5.38. The number of nitrogens with two attached hydrogens (primary N) is 1. The molecule has 0 aliphatic rings. The largest absolute Gasteiger partial charge is 0.382 e. The van der Waals surface area contributed by atoms with Crippen LogP contribution < -0.4 is 5.73 Å². The number of hydrogen-bond acceptors (Lipinski definition) is 4. The van der Waals surface area contributed by atoms with Crippen LogP contribution in [0.5, 0.6) is 0 Å². The van der Waals surface area contributed by atoms with Gasteiger partial charge in [-0.1, -0.05) is 0 Å². The van der Waals surface area contributed by atoms with Gasteiger partial charge in [-0.2, -0.15) is 0 Å². The SMILES string of the molecule is COCCOCCN(C)CCN. The third kappa shape index (κ3) is 7.94. The van der Waals surface area contributed by atoms with Crippen LogP contribution in [-0.2, 0) is 9.47 Å². The first-order valence-electron chi connectivity index (χ1n) is 4.26. The predicted molar refractivity (Wildman–Crippen MR) is 49.2 cm³/mol. The number of nitrogens with zero attached hydrogens (tertiary/aromatic N) is 1. The van der Waals surface area contributed by atoms with Gasteiger partial charge in [-0.05, 0) is 7.05 Å². The molecule has 0 aromatic heterocycles. The van der Waals surface area contributed by atoms with Crippen molar-refractivity contribution in [3.05, 3.63) is 0 Å². The highest BCUT2D eigenvalue weighted by Crippen LogP contribution is 1.82. The van der Waals surface area contributed by atoms with E-state index in [1.807, 2.05) is 7.05 Å². The molecule has 2 N–H and O–H groups in total. The van der Waals surface area contributed by atoms with Crippen molar-refractivity contribution in [1.29, 1.82) is 0 Å². The summed E-state index contributed by atoms with van der Waals surface area (Å²) in [6.07, 6.45) is 0. The molecule has 0 amide bonds. The Bertz CT molecular complexity index is 91.1. The molecular weight excluding hydrogens is 156 g/mol. The van der Waals surface area contributed by atoms with E-state index in [9.17, 15) is 0 Å². The molecule has 0 atom stereocenters. The zero-order valence-corrected chi connectivity index (χ0v) is 8.08. The van der Waals surface area contributed by atoms with E-state index in [0.29, 0.717) is 19.8 Å². The lowest BCUT2D eigenvalue weighted by atomic mass is 10.5. The minimum absolute atomic E-state index is 0.667. The van der Waals surface area contributed by atoms with Gasteiger partial charge in [0.1, 0.15) is 0 Å². The van der Waals surface area contributed by atoms with Crippen molar-refractivity contribution in [3.8, 4) is 0 Å². The van der Waals surface area contributed by atoms with Crippen LogP contribution in [0, 0.1) is 0 Å². The summed E-state index contributed by atoms with van der Waals surface area (Å²) in [6.45, 7) is 4.65. The first kappa shape index (κ1) is 11.8. The van der Waals surface area contributed by atoms with E-state index in [1.165, 1.54) is 0 Å². The number of rotatable bonds is 8. The molecule has 0 unspecified atom stereocenters. The highest BCUT2D eigenvalue weighted by atomic mass is 16.5. The topological polar surface area (TPSA) is 47.7 Å². The lowest BCUT2D eigenvalue weighted by molar-refractivity contribution is 0.0610. The minimum Gasteiger partial charge on any atom is -0.382 e. The molecule has 0 rings (SSSR count). The summed E-state index contributed by atoms with van der Waals surface area (Å²) in [5.74, 6) is 0. The number of likely N-dealkylation sites (N-methyl/N-ethyl adjacent to an activating group) is 1. The van der Waals surface area contributed by atoms with Crippen LogP contribution in [0.15, 0.2) is 0 Å². The van der Waals surface area contributed by atoms with Crippen molar-refractivity contribution in [2.75, 3.05) is 53.6 Å². The molecule has 74 valence electrons. The van der Waals surface area contributed by atoms with Gasteiger partial charge < -0.3 is 20.1 Å². The van der Waals surface area contributed by atoms with Gasteiger partial charge >= 0.3 is 0 Å². The Labute approximate surface area is 74.6 Å². The summed E-state index contributed by atoms with van der Waals surface area (Å²) in [4.78, 5) is 2.15. The second-order valence-electron chi connectivity index (χ2n) is 2.70. The van der Waals surface area contributed by atoms with Crippen LogP contribution in [0.25, 0.3) is 0 Å². The van der Waals surface area contributed by atoms with Crippen LogP contribution in [-0.4, -0.2) is 58.5 Å². The van der Waals surface area contributed by atoms with Crippen LogP contribution >= 0.6 is 0 Å². The third-order valence-electron chi connectivity index (χ3n) is 1.56. The second-order valence-corrected chi connectivity index (χ2v) is 2.70. The first-order valence-corrected chi connectivity index (χ1v) is 4.26. The summed E-state index contributed by atoms with van der Waals surface area (Å²) in [7, 11) is 3.70. The molecule has 4 heteroatoms. The van der Waals surface area contributed by atoms with Gasteiger partial charge in [0.2, 0.25) is 0 Å². The van der Waals surface area contributed by atoms with Gasteiger partial charge in [-0.25, -0.2) is 0 Å². The molecule has 0 aliphatic carbocycles. The monoisotopic (exact) mass is 176 g/mol. The van der Waals surface area contributed by atoms with Crippen LogP contribution in [0.1, 0.15) is 0 Å².